The van der Waals surface area contributed by atoms with Crippen LogP contribution in [0.5, 0.6) is 0 Å². The monoisotopic (exact) mass is 358 g/mol. The highest BCUT2D eigenvalue weighted by Crippen LogP contribution is 2.29. The maximum Gasteiger partial charge on any atom is 0.268 e. The topological polar surface area (TPSA) is 88.2 Å². The highest BCUT2D eigenvalue weighted by molar-refractivity contribution is 7.13. The summed E-state index contributed by atoms with van der Waals surface area (Å²) in [7, 11) is 0. The zero-order chi connectivity index (χ0) is 17.4. The lowest BCUT2D eigenvalue weighted by Crippen LogP contribution is -2.26. The van der Waals surface area contributed by atoms with Gasteiger partial charge in [-0.05, 0) is 26.2 Å². The Bertz CT molecular complexity index is 798. The number of amides is 1. The number of carbonyl (C=O) groups is 1. The molecule has 0 unspecified atom stereocenters. The minimum Gasteiger partial charge on any atom is -0.364 e. The molecule has 2 N–H and O–H groups in total. The first-order valence-corrected chi connectivity index (χ1v) is 9.61. The van der Waals surface area contributed by atoms with Crippen LogP contribution in [0.4, 0.5) is 10.9 Å². The second-order valence-corrected chi connectivity index (χ2v) is 7.42. The molecule has 2 aromatic heterocycles. The molecule has 25 heavy (non-hydrogen) atoms. The number of carbonyl (C=O) groups excluding carboxylic acids is 1. The molecule has 4 heterocycles. The first-order valence-electron chi connectivity index (χ1n) is 8.73. The summed E-state index contributed by atoms with van der Waals surface area (Å²) in [5, 5.41) is 2.59. The largest absolute Gasteiger partial charge is 0.364 e. The van der Waals surface area contributed by atoms with Crippen LogP contribution in [-0.4, -0.2) is 47.0 Å². The van der Waals surface area contributed by atoms with Gasteiger partial charge in [0.25, 0.3) is 5.91 Å². The fraction of sp³-hybridized carbons (Fsp3) is 0.529. The van der Waals surface area contributed by atoms with Gasteiger partial charge in [0.05, 0.1) is 5.69 Å². The van der Waals surface area contributed by atoms with Crippen LogP contribution in [-0.2, 0) is 12.8 Å². The lowest BCUT2D eigenvalue weighted by atomic mass is 10.1. The van der Waals surface area contributed by atoms with Crippen molar-refractivity contribution >= 4 is 28.2 Å². The number of anilines is 2. The van der Waals surface area contributed by atoms with Crippen LogP contribution in [0.1, 0.15) is 40.4 Å². The van der Waals surface area contributed by atoms with Gasteiger partial charge in [-0.25, -0.2) is 15.0 Å². The third-order valence-electron chi connectivity index (χ3n) is 4.85. The molecule has 2 aliphatic heterocycles. The number of nitrogens with two attached hydrogens (primary N) is 1. The van der Waals surface area contributed by atoms with Crippen LogP contribution in [0.25, 0.3) is 0 Å². The number of aryl methyl sites for hydroxylation is 1. The number of primary amides is 1. The van der Waals surface area contributed by atoms with E-state index in [9.17, 15) is 4.79 Å². The Morgan fingerprint density at radius 2 is 1.84 bits per heavy atom. The number of hydrogen-bond acceptors (Lipinski definition) is 7. The van der Waals surface area contributed by atoms with Gasteiger partial charge in [-0.3, -0.25) is 4.79 Å². The van der Waals surface area contributed by atoms with Gasteiger partial charge in [-0.15, -0.1) is 11.3 Å². The van der Waals surface area contributed by atoms with E-state index in [1.54, 1.807) is 5.38 Å². The van der Waals surface area contributed by atoms with Crippen molar-refractivity contribution in [3.05, 3.63) is 28.2 Å². The van der Waals surface area contributed by atoms with Gasteiger partial charge in [-0.2, -0.15) is 0 Å². The first-order chi connectivity index (χ1) is 12.1. The standard InChI is InChI=1S/C17H22N6OS/c1-11-19-13-5-9-23(17-21-14(10-25-17)15(18)24)8-4-12(13)16(20-11)22-6-2-3-7-22/h10H,2-9H2,1H3,(H2,18,24). The summed E-state index contributed by atoms with van der Waals surface area (Å²) >= 11 is 1.47. The quantitative estimate of drug-likeness (QED) is 0.895. The lowest BCUT2D eigenvalue weighted by molar-refractivity contribution is 0.0996. The number of hydrogen-bond donors (Lipinski definition) is 1. The van der Waals surface area contributed by atoms with E-state index < -0.39 is 5.91 Å². The van der Waals surface area contributed by atoms with E-state index in [1.807, 2.05) is 6.92 Å². The van der Waals surface area contributed by atoms with Crippen molar-refractivity contribution in [2.24, 2.45) is 5.73 Å². The first kappa shape index (κ1) is 16.3. The average molecular weight is 358 g/mol. The molecule has 0 saturated carbocycles. The minimum atomic E-state index is -0.474. The molecule has 2 aliphatic rings. The number of thiazole rings is 1. The van der Waals surface area contributed by atoms with Gasteiger partial charge in [0.2, 0.25) is 0 Å². The van der Waals surface area contributed by atoms with Gasteiger partial charge < -0.3 is 15.5 Å². The molecule has 0 spiro atoms. The summed E-state index contributed by atoms with van der Waals surface area (Å²) in [5.41, 5.74) is 8.10. The van der Waals surface area contributed by atoms with Crippen molar-refractivity contribution in [3.8, 4) is 0 Å². The lowest BCUT2D eigenvalue weighted by Gasteiger charge is -2.21. The highest BCUT2D eigenvalue weighted by Gasteiger charge is 2.25. The predicted octanol–water partition coefficient (Wildman–Crippen LogP) is 1.55. The van der Waals surface area contributed by atoms with Crippen LogP contribution in [0, 0.1) is 6.92 Å². The summed E-state index contributed by atoms with van der Waals surface area (Å²) < 4.78 is 0. The molecule has 0 bridgehead atoms. The maximum atomic E-state index is 11.3. The minimum absolute atomic E-state index is 0.343. The Morgan fingerprint density at radius 1 is 1.08 bits per heavy atom. The highest BCUT2D eigenvalue weighted by atomic mass is 32.1. The molecule has 1 amide bonds. The van der Waals surface area contributed by atoms with E-state index in [1.165, 1.54) is 29.7 Å². The van der Waals surface area contributed by atoms with Gasteiger partial charge >= 0.3 is 0 Å². The molecule has 1 fully saturated rings. The van der Waals surface area contributed by atoms with E-state index in [0.29, 0.717) is 5.69 Å². The van der Waals surface area contributed by atoms with Gasteiger partial charge in [-0.1, -0.05) is 0 Å². The normalized spacial score (nSPS) is 17.5. The summed E-state index contributed by atoms with van der Waals surface area (Å²) in [5.74, 6) is 1.50. The molecule has 1 saturated heterocycles. The maximum absolute atomic E-state index is 11.3. The molecular weight excluding hydrogens is 336 g/mol. The molecule has 2 aromatic rings. The molecule has 0 aliphatic carbocycles. The second kappa shape index (κ2) is 6.59. The molecule has 0 atom stereocenters. The zero-order valence-electron chi connectivity index (χ0n) is 14.4. The van der Waals surface area contributed by atoms with Crippen molar-refractivity contribution < 1.29 is 4.79 Å². The Morgan fingerprint density at radius 3 is 2.56 bits per heavy atom. The Balaban J connectivity index is 1.60. The van der Waals surface area contributed by atoms with E-state index >= 15 is 0 Å². The van der Waals surface area contributed by atoms with Crippen molar-refractivity contribution in [3.63, 3.8) is 0 Å². The predicted molar refractivity (Wildman–Crippen MR) is 98.5 cm³/mol. The molecule has 4 rings (SSSR count). The summed E-state index contributed by atoms with van der Waals surface area (Å²) in [6.45, 7) is 5.84. The summed E-state index contributed by atoms with van der Waals surface area (Å²) in [4.78, 5) is 29.8. The van der Waals surface area contributed by atoms with Crippen LogP contribution in [0.3, 0.4) is 0 Å². The van der Waals surface area contributed by atoms with Crippen molar-refractivity contribution in [1.82, 2.24) is 15.0 Å². The van der Waals surface area contributed by atoms with Crippen molar-refractivity contribution in [1.29, 1.82) is 0 Å². The van der Waals surface area contributed by atoms with Crippen molar-refractivity contribution in [2.75, 3.05) is 36.0 Å². The Hall–Kier alpha value is -2.22. The molecule has 8 heteroatoms. The van der Waals surface area contributed by atoms with E-state index in [2.05, 4.69) is 14.8 Å². The van der Waals surface area contributed by atoms with Gasteiger partial charge in [0.15, 0.2) is 5.13 Å². The van der Waals surface area contributed by atoms with E-state index in [-0.39, 0.29) is 0 Å². The number of fused-ring (bicyclic) bond motifs is 1. The SMILES string of the molecule is Cc1nc2c(c(N3CCCC3)n1)CCN(c1nc(C(N)=O)cs1)CC2. The Kier molecular flexibility index (Phi) is 4.29. The van der Waals surface area contributed by atoms with Crippen LogP contribution < -0.4 is 15.5 Å². The second-order valence-electron chi connectivity index (χ2n) is 6.58. The zero-order valence-corrected chi connectivity index (χ0v) is 15.2. The molecule has 7 nitrogen and oxygen atoms in total. The number of aromatic nitrogens is 3. The van der Waals surface area contributed by atoms with Crippen LogP contribution in [0.2, 0.25) is 0 Å². The summed E-state index contributed by atoms with van der Waals surface area (Å²) in [6.07, 6.45) is 4.23. The summed E-state index contributed by atoms with van der Waals surface area (Å²) in [6, 6.07) is 0. The van der Waals surface area contributed by atoms with Crippen LogP contribution in [0.15, 0.2) is 5.38 Å². The average Bonchev–Trinajstić information content (AvgIpc) is 3.24. The van der Waals surface area contributed by atoms with Crippen LogP contribution >= 0.6 is 11.3 Å². The number of nitrogens with zero attached hydrogens (tertiary/aromatic N) is 5. The molecule has 0 radical (unpaired) electrons. The van der Waals surface area contributed by atoms with Crippen molar-refractivity contribution in [2.45, 2.75) is 32.6 Å². The smallest absolute Gasteiger partial charge is 0.268 e. The van der Waals surface area contributed by atoms with E-state index in [0.717, 1.165) is 61.5 Å². The van der Waals surface area contributed by atoms with E-state index in [4.69, 9.17) is 15.7 Å². The number of rotatable bonds is 3. The van der Waals surface area contributed by atoms with Gasteiger partial charge in [0, 0.05) is 43.5 Å². The Labute approximate surface area is 150 Å². The fourth-order valence-corrected chi connectivity index (χ4v) is 4.47. The molecule has 0 aromatic carbocycles. The third-order valence-corrected chi connectivity index (χ3v) is 5.76. The fourth-order valence-electron chi connectivity index (χ4n) is 3.60. The molecule has 132 valence electrons. The molecular formula is C17H22N6OS. The third kappa shape index (κ3) is 3.18. The van der Waals surface area contributed by atoms with Gasteiger partial charge in [0.1, 0.15) is 17.3 Å².